The van der Waals surface area contributed by atoms with Gasteiger partial charge in [0.1, 0.15) is 116 Å². The fourth-order valence-corrected chi connectivity index (χ4v) is 11.3. The summed E-state index contributed by atoms with van der Waals surface area (Å²) in [5.74, 6) is -6.98. The van der Waals surface area contributed by atoms with Gasteiger partial charge in [-0.25, -0.2) is 0 Å². The van der Waals surface area contributed by atoms with Crippen molar-refractivity contribution in [3.05, 3.63) is 65.7 Å². The third kappa shape index (κ3) is 17.8. The average Bonchev–Trinajstić information content (AvgIpc) is 1.40. The normalized spacial score (nSPS) is 31.9. The van der Waals surface area contributed by atoms with Crippen LogP contribution in [-0.2, 0) is 58.9 Å². The molecule has 2 aromatic carbocycles. The van der Waals surface area contributed by atoms with Gasteiger partial charge in [-0.05, 0) is 29.7 Å². The first-order chi connectivity index (χ1) is 44.8. The summed E-state index contributed by atoms with van der Waals surface area (Å²) in [5.41, 5.74) is 19.5. The molecule has 5 aliphatic heterocycles. The van der Waals surface area contributed by atoms with Crippen molar-refractivity contribution in [2.75, 3.05) is 39.5 Å². The summed E-state index contributed by atoms with van der Waals surface area (Å²) in [6.07, 6.45) is -29.2. The van der Waals surface area contributed by atoms with Crippen molar-refractivity contribution < 1.29 is 124 Å². The van der Waals surface area contributed by atoms with Crippen LogP contribution in [0.4, 0.5) is 0 Å². The third-order valence-electron chi connectivity index (χ3n) is 16.9. The lowest BCUT2D eigenvalue weighted by Gasteiger charge is -2.46. The first kappa shape index (κ1) is 74.5. The molecule has 3 fully saturated rings. The summed E-state index contributed by atoms with van der Waals surface area (Å²) >= 11 is 0. The number of carbonyl (C=O) groups is 6. The van der Waals surface area contributed by atoms with Crippen LogP contribution in [0, 0.1) is 0 Å². The molecule has 0 aromatic heterocycles. The van der Waals surface area contributed by atoms with Gasteiger partial charge in [-0.2, -0.15) is 0 Å². The summed E-state index contributed by atoms with van der Waals surface area (Å²) in [7, 11) is 0. The number of hydrogen-bond donors (Lipinski definition) is 21. The van der Waals surface area contributed by atoms with E-state index in [9.17, 15) is 95.2 Å². The van der Waals surface area contributed by atoms with E-state index < -0.39 is 227 Å². The van der Waals surface area contributed by atoms with Crippen molar-refractivity contribution in [3.63, 3.8) is 0 Å². The number of ether oxygens (including phenoxy) is 6. The number of aldehydes is 1. The number of esters is 1. The largest absolute Gasteiger partial charge is 0.462 e. The van der Waals surface area contributed by atoms with Crippen molar-refractivity contribution >= 4 is 47.8 Å². The Kier molecular flexibility index (Phi) is 27.1. The van der Waals surface area contributed by atoms with Gasteiger partial charge in [0, 0.05) is 18.8 Å². The summed E-state index contributed by atoms with van der Waals surface area (Å²) in [5, 5.41) is 154. The van der Waals surface area contributed by atoms with Crippen molar-refractivity contribution in [1.82, 2.24) is 31.5 Å². The Morgan fingerprint density at radius 1 is 0.691 bits per heavy atom. The van der Waals surface area contributed by atoms with Gasteiger partial charge in [0.25, 0.3) is 0 Å². The van der Waals surface area contributed by atoms with Gasteiger partial charge in [0.05, 0.1) is 57.6 Å². The van der Waals surface area contributed by atoms with Crippen LogP contribution >= 0.6 is 0 Å². The van der Waals surface area contributed by atoms with Crippen LogP contribution in [0.25, 0.3) is 0 Å². The molecule has 20 unspecified atom stereocenters. The van der Waals surface area contributed by atoms with E-state index in [2.05, 4.69) is 36.6 Å². The molecule has 3 saturated heterocycles. The Hall–Kier alpha value is -6.92. The molecule has 25 atom stereocenters. The fraction of sp³-hybridized carbons (Fsp3) is 0.655. The van der Waals surface area contributed by atoms with E-state index in [0.717, 1.165) is 11.3 Å². The van der Waals surface area contributed by atoms with Crippen molar-refractivity contribution in [2.24, 2.45) is 27.2 Å². The van der Waals surface area contributed by atoms with Crippen molar-refractivity contribution in [2.45, 2.75) is 198 Å². The molecule has 2 aromatic rings. The first-order valence-electron chi connectivity index (χ1n) is 30.6. The van der Waals surface area contributed by atoms with E-state index in [0.29, 0.717) is 18.4 Å². The molecular weight excluding hydrogens is 1250 g/mol. The van der Waals surface area contributed by atoms with Crippen LogP contribution in [0.3, 0.4) is 0 Å². The number of nitrogens with zero attached hydrogens (tertiary/aromatic N) is 3. The minimum atomic E-state index is -2.26. The molecule has 7 rings (SSSR count). The number of nitrogens with one attached hydrogen (secondary N) is 5. The van der Waals surface area contributed by atoms with Crippen LogP contribution in [0.15, 0.2) is 64.6 Å². The number of carbonyl (C=O) groups excluding carboxylic acids is 6. The molecule has 4 amide bonds. The lowest BCUT2D eigenvalue weighted by Crippen LogP contribution is -2.70. The van der Waals surface area contributed by atoms with Gasteiger partial charge in [0.15, 0.2) is 30.5 Å². The Bertz CT molecular complexity index is 2890. The maximum atomic E-state index is 14.9. The summed E-state index contributed by atoms with van der Waals surface area (Å²) in [6, 6.07) is 2.09. The fourth-order valence-electron chi connectivity index (χ4n) is 11.3. The second-order valence-electron chi connectivity index (χ2n) is 23.4. The molecule has 5 heterocycles. The molecule has 0 aliphatic carbocycles. The topological polar surface area (TPSA) is 587 Å². The highest BCUT2D eigenvalue weighted by Gasteiger charge is 2.55. The summed E-state index contributed by atoms with van der Waals surface area (Å²) < 4.78 is 34.2. The van der Waals surface area contributed by atoms with Crippen molar-refractivity contribution in [3.8, 4) is 5.75 Å². The van der Waals surface area contributed by atoms with Gasteiger partial charge in [-0.15, -0.1) is 0 Å². The molecule has 36 heteroatoms. The smallest absolute Gasteiger partial charge is 0.306 e. The maximum Gasteiger partial charge on any atom is 0.306 e. The highest BCUT2D eigenvalue weighted by molar-refractivity contribution is 5.96. The third-order valence-corrected chi connectivity index (χ3v) is 16.9. The lowest BCUT2D eigenvalue weighted by molar-refractivity contribution is -0.353. The minimum absolute atomic E-state index is 0.0422. The van der Waals surface area contributed by atoms with Gasteiger partial charge in [0.2, 0.25) is 29.9 Å². The number of aliphatic hydroxyl groups excluding tert-OH is 13. The maximum absolute atomic E-state index is 14.9. The van der Waals surface area contributed by atoms with Gasteiger partial charge in [-0.1, -0.05) is 69.2 Å². The predicted molar refractivity (Wildman–Crippen MR) is 320 cm³/mol. The molecule has 0 spiro atoms. The van der Waals surface area contributed by atoms with E-state index >= 15 is 0 Å². The molecule has 0 radical (unpaired) electrons. The zero-order chi connectivity index (χ0) is 68.8. The van der Waals surface area contributed by atoms with Crippen molar-refractivity contribution in [1.29, 1.82) is 0 Å². The number of nitrogens with two attached hydrogens (primary N) is 3. The minimum Gasteiger partial charge on any atom is -0.462 e. The molecule has 24 N–H and O–H groups in total. The van der Waals surface area contributed by atoms with E-state index in [1.165, 1.54) is 24.3 Å². The average molecular weight is 1340 g/mol. The van der Waals surface area contributed by atoms with Crippen LogP contribution in [-0.4, -0.2) is 305 Å². The molecule has 0 bridgehead atoms. The SMILES string of the molecule is CCCCCC(=O)OC1C(O)C(CO)OC(OC2C(CO)OC(Oc3ccc(C[C@H](NC(=O)[C@@H](N)C(C)c4ccccc4)C(=O)N[C@H](C(=O)N[C@H](C(=O)N[C@H](C=O)CO)C(O)C4CN=C(N)N4C4OC(CO)C(O)C(O)C4O)C(O)C4CN=C(N)N4)cc3)C(O)C2O)C1O. The Labute approximate surface area is 538 Å². The molecule has 5 aliphatic rings. The molecule has 94 heavy (non-hydrogen) atoms. The number of rotatable bonds is 31. The van der Waals surface area contributed by atoms with Crippen LogP contribution < -0.4 is 48.5 Å². The number of amides is 4. The predicted octanol–water partition coefficient (Wildman–Crippen LogP) is -10.6. The first-order valence-corrected chi connectivity index (χ1v) is 30.6. The highest BCUT2D eigenvalue weighted by atomic mass is 16.7. The Morgan fingerprint density at radius 3 is 1.94 bits per heavy atom. The Morgan fingerprint density at radius 2 is 1.32 bits per heavy atom. The lowest BCUT2D eigenvalue weighted by atomic mass is 9.93. The standard InChI is InChI=1S/C58H87N11O25/c1-3-4-6-11-35(75)93-49-42(79)33(22-73)91-56(47(49)84)94-48-34(23-74)92-55(46(83)44(48)81)89-28-14-12-25(13-15-28)16-29(65-51(86)36(59)24(2)26-9-7-5-8-10-26)50(85)67-37(39(76)30-17-62-57(60)66-30)53(88)68-38(52(87)64-27(19-70)20-71)40(77)31-18-63-58(61)69(31)54-45(82)43(80)41(78)32(21-72)90-54/h5,7-10,12-15,19,24,27,29-34,36-49,54-56,71-74,76-84H,3-4,6,11,16-18,20-23,59H2,1-2H3,(H2,61,63)(H,64,87)(H,65,86)(H,67,85)(H,68,88)(H3,60,62,66)/t24?,27-,29+,30?,31?,32?,33?,34?,36+,37+,38+,39?,40?,41?,42?,43?,44?,45?,46?,47?,48?,49?,54?,55?,56?/m1/s1. The van der Waals surface area contributed by atoms with Gasteiger partial charge < -0.3 is 148 Å². The Balaban J connectivity index is 1.13. The zero-order valence-electron chi connectivity index (χ0n) is 51.3. The van der Waals surface area contributed by atoms with E-state index in [-0.39, 0.29) is 36.5 Å². The number of aliphatic hydroxyl groups is 13. The number of unbranched alkanes of at least 4 members (excludes halogenated alkanes) is 2. The van der Waals surface area contributed by atoms with Crippen LogP contribution in [0.2, 0.25) is 0 Å². The molecule has 0 saturated carbocycles. The molecule has 36 nitrogen and oxygen atoms in total. The quantitative estimate of drug-likeness (QED) is 0.0189. The highest BCUT2D eigenvalue weighted by Crippen LogP contribution is 2.33. The number of benzene rings is 2. The van der Waals surface area contributed by atoms with E-state index in [1.807, 2.05) is 6.92 Å². The van der Waals surface area contributed by atoms with E-state index in [4.69, 9.17) is 45.6 Å². The van der Waals surface area contributed by atoms with Crippen LogP contribution in [0.1, 0.15) is 56.6 Å². The van der Waals surface area contributed by atoms with Gasteiger partial charge in [-0.3, -0.25) is 34.0 Å². The monoisotopic (exact) mass is 1340 g/mol. The number of aliphatic imine (C=N–C) groups is 2. The van der Waals surface area contributed by atoms with Gasteiger partial charge >= 0.3 is 5.97 Å². The molecular formula is C58H87N11O25. The number of guanidine groups is 2. The van der Waals surface area contributed by atoms with E-state index in [1.54, 1.807) is 37.3 Å². The summed E-state index contributed by atoms with van der Waals surface area (Å²) in [6.45, 7) is -0.817. The number of hydrogen-bond acceptors (Lipinski definition) is 32. The summed E-state index contributed by atoms with van der Waals surface area (Å²) in [4.78, 5) is 91.8. The van der Waals surface area contributed by atoms with Crippen LogP contribution in [0.5, 0.6) is 5.75 Å². The second kappa shape index (κ2) is 34.1. The second-order valence-corrected chi connectivity index (χ2v) is 23.4. The molecule has 524 valence electrons. The zero-order valence-corrected chi connectivity index (χ0v) is 51.3.